The molecule has 0 radical (unpaired) electrons. The third-order valence-corrected chi connectivity index (χ3v) is 4.38. The molecule has 1 unspecified atom stereocenters. The minimum absolute atomic E-state index is 0.0954. The van der Waals surface area contributed by atoms with Crippen LogP contribution in [0.5, 0.6) is 0 Å². The Morgan fingerprint density at radius 2 is 2.13 bits per heavy atom. The van der Waals surface area contributed by atoms with Crippen molar-refractivity contribution in [1.82, 2.24) is 19.8 Å². The average molecular weight is 314 g/mol. The minimum atomic E-state index is -0.0954. The number of likely N-dealkylation sites (tertiary alicyclic amines) is 1. The molecule has 1 N–H and O–H groups in total. The van der Waals surface area contributed by atoms with Gasteiger partial charge in [0.05, 0.1) is 17.4 Å². The number of benzene rings is 1. The summed E-state index contributed by atoms with van der Waals surface area (Å²) in [6.45, 7) is 2.27. The summed E-state index contributed by atoms with van der Waals surface area (Å²) in [4.78, 5) is 35.0. The van der Waals surface area contributed by atoms with Gasteiger partial charge in [0.2, 0.25) is 5.91 Å². The van der Waals surface area contributed by atoms with Crippen LogP contribution in [-0.4, -0.2) is 52.9 Å². The second-order valence-electron chi connectivity index (χ2n) is 6.41. The Labute approximate surface area is 135 Å². The van der Waals surface area contributed by atoms with Gasteiger partial charge in [0.1, 0.15) is 5.82 Å². The summed E-state index contributed by atoms with van der Waals surface area (Å²) in [5.74, 6) is 1.37. The molecule has 2 heterocycles. The van der Waals surface area contributed by atoms with Crippen molar-refractivity contribution in [3.05, 3.63) is 40.4 Å². The molecule has 1 fully saturated rings. The van der Waals surface area contributed by atoms with Gasteiger partial charge in [0.15, 0.2) is 0 Å². The number of amides is 1. The van der Waals surface area contributed by atoms with Crippen molar-refractivity contribution >= 4 is 16.8 Å². The first-order valence-corrected chi connectivity index (χ1v) is 7.93. The molecule has 1 saturated heterocycles. The summed E-state index contributed by atoms with van der Waals surface area (Å²) in [5, 5.41) is 0.617. The van der Waals surface area contributed by atoms with E-state index in [1.807, 2.05) is 32.3 Å². The number of carbonyl (C=O) groups is 1. The fourth-order valence-electron chi connectivity index (χ4n) is 3.22. The Morgan fingerprint density at radius 1 is 1.35 bits per heavy atom. The maximum Gasteiger partial charge on any atom is 0.258 e. The Kier molecular flexibility index (Phi) is 4.43. The fourth-order valence-corrected chi connectivity index (χ4v) is 3.22. The number of hydrogen-bond donors (Lipinski definition) is 1. The van der Waals surface area contributed by atoms with Gasteiger partial charge in [-0.2, -0.15) is 0 Å². The van der Waals surface area contributed by atoms with Crippen LogP contribution in [0.15, 0.2) is 29.1 Å². The predicted octanol–water partition coefficient (Wildman–Crippen LogP) is 1.22. The van der Waals surface area contributed by atoms with Crippen molar-refractivity contribution in [2.24, 2.45) is 5.92 Å². The lowest BCUT2D eigenvalue weighted by Crippen LogP contribution is -2.41. The van der Waals surface area contributed by atoms with Crippen LogP contribution >= 0.6 is 0 Å². The maximum absolute atomic E-state index is 12.1. The van der Waals surface area contributed by atoms with Gasteiger partial charge in [-0.05, 0) is 31.5 Å². The first-order valence-electron chi connectivity index (χ1n) is 7.93. The smallest absolute Gasteiger partial charge is 0.258 e. The molecule has 23 heavy (non-hydrogen) atoms. The standard InChI is InChI=1S/C17H22N4O2/c1-20(9-12-7-8-16(22)21(2)10-12)11-15-18-14-6-4-3-5-13(14)17(23)19-15/h3-6,12H,7-11H2,1-2H3,(H,18,19,23). The van der Waals surface area contributed by atoms with Crippen LogP contribution in [-0.2, 0) is 11.3 Å². The van der Waals surface area contributed by atoms with Gasteiger partial charge in [-0.25, -0.2) is 4.98 Å². The van der Waals surface area contributed by atoms with Gasteiger partial charge >= 0.3 is 0 Å². The maximum atomic E-state index is 12.1. The molecular weight excluding hydrogens is 292 g/mol. The number of aromatic amines is 1. The summed E-state index contributed by atoms with van der Waals surface area (Å²) < 4.78 is 0. The molecule has 1 aromatic carbocycles. The number of nitrogens with one attached hydrogen (secondary N) is 1. The van der Waals surface area contributed by atoms with Crippen LogP contribution in [0.1, 0.15) is 18.7 Å². The van der Waals surface area contributed by atoms with Crippen molar-refractivity contribution in [3.63, 3.8) is 0 Å². The van der Waals surface area contributed by atoms with Crippen molar-refractivity contribution in [1.29, 1.82) is 0 Å². The van der Waals surface area contributed by atoms with Crippen LogP contribution in [0.3, 0.4) is 0 Å². The zero-order valence-corrected chi connectivity index (χ0v) is 13.6. The molecule has 0 bridgehead atoms. The number of para-hydroxylation sites is 1. The SMILES string of the molecule is CN(Cc1nc2ccccc2c(=O)[nH]1)CC1CCC(=O)N(C)C1. The quantitative estimate of drug-likeness (QED) is 0.921. The highest BCUT2D eigenvalue weighted by molar-refractivity contribution is 5.77. The van der Waals surface area contributed by atoms with E-state index in [9.17, 15) is 9.59 Å². The van der Waals surface area contributed by atoms with E-state index in [2.05, 4.69) is 14.9 Å². The zero-order valence-electron chi connectivity index (χ0n) is 13.6. The molecule has 6 nitrogen and oxygen atoms in total. The van der Waals surface area contributed by atoms with Crippen LogP contribution in [0, 0.1) is 5.92 Å². The normalized spacial score (nSPS) is 18.8. The predicted molar refractivity (Wildman–Crippen MR) is 89.1 cm³/mol. The van der Waals surface area contributed by atoms with E-state index in [0.29, 0.717) is 30.1 Å². The van der Waals surface area contributed by atoms with Crippen molar-refractivity contribution in [2.45, 2.75) is 19.4 Å². The lowest BCUT2D eigenvalue weighted by atomic mass is 9.97. The molecule has 1 aliphatic heterocycles. The molecule has 1 aromatic heterocycles. The Bertz CT molecular complexity index is 771. The number of H-pyrrole nitrogens is 1. The molecule has 3 rings (SSSR count). The molecule has 1 amide bonds. The van der Waals surface area contributed by atoms with E-state index in [1.54, 1.807) is 11.0 Å². The topological polar surface area (TPSA) is 69.3 Å². The van der Waals surface area contributed by atoms with Gasteiger partial charge in [-0.15, -0.1) is 0 Å². The summed E-state index contributed by atoms with van der Waals surface area (Å²) >= 11 is 0. The van der Waals surface area contributed by atoms with Crippen LogP contribution in [0.4, 0.5) is 0 Å². The third kappa shape index (κ3) is 3.59. The van der Waals surface area contributed by atoms with Gasteiger partial charge in [-0.1, -0.05) is 12.1 Å². The number of nitrogens with zero attached hydrogens (tertiary/aromatic N) is 3. The number of carbonyl (C=O) groups excluding carboxylic acids is 1. The Hall–Kier alpha value is -2.21. The highest BCUT2D eigenvalue weighted by Crippen LogP contribution is 2.17. The summed E-state index contributed by atoms with van der Waals surface area (Å²) in [6, 6.07) is 7.36. The van der Waals surface area contributed by atoms with E-state index in [-0.39, 0.29) is 11.5 Å². The summed E-state index contributed by atoms with van der Waals surface area (Å²) in [6.07, 6.45) is 1.55. The first-order chi connectivity index (χ1) is 11.0. The van der Waals surface area contributed by atoms with Crippen molar-refractivity contribution < 1.29 is 4.79 Å². The van der Waals surface area contributed by atoms with Gasteiger partial charge in [0, 0.05) is 26.6 Å². The summed E-state index contributed by atoms with van der Waals surface area (Å²) in [5.41, 5.74) is 0.629. The second-order valence-corrected chi connectivity index (χ2v) is 6.41. The van der Waals surface area contributed by atoms with E-state index < -0.39 is 0 Å². The monoisotopic (exact) mass is 314 g/mol. The molecule has 122 valence electrons. The summed E-state index contributed by atoms with van der Waals surface area (Å²) in [7, 11) is 3.88. The number of piperidine rings is 1. The number of aromatic nitrogens is 2. The molecular formula is C17H22N4O2. The van der Waals surface area contributed by atoms with Gasteiger partial charge in [0.25, 0.3) is 5.56 Å². The fraction of sp³-hybridized carbons (Fsp3) is 0.471. The van der Waals surface area contributed by atoms with Crippen LogP contribution in [0.25, 0.3) is 10.9 Å². The zero-order chi connectivity index (χ0) is 16.4. The van der Waals surface area contributed by atoms with Gasteiger partial charge in [-0.3, -0.25) is 14.5 Å². The molecule has 1 aliphatic rings. The Balaban J connectivity index is 1.67. The lowest BCUT2D eigenvalue weighted by Gasteiger charge is -2.32. The highest BCUT2D eigenvalue weighted by Gasteiger charge is 2.23. The highest BCUT2D eigenvalue weighted by atomic mass is 16.2. The molecule has 1 atom stereocenters. The van der Waals surface area contributed by atoms with Crippen LogP contribution in [0.2, 0.25) is 0 Å². The van der Waals surface area contributed by atoms with Crippen molar-refractivity contribution in [2.75, 3.05) is 27.2 Å². The van der Waals surface area contributed by atoms with E-state index in [1.165, 1.54) is 0 Å². The number of fused-ring (bicyclic) bond motifs is 1. The number of rotatable bonds is 4. The van der Waals surface area contributed by atoms with Crippen LogP contribution < -0.4 is 5.56 Å². The first kappa shape index (κ1) is 15.7. The molecule has 6 heteroatoms. The van der Waals surface area contributed by atoms with E-state index in [4.69, 9.17) is 0 Å². The lowest BCUT2D eigenvalue weighted by molar-refractivity contribution is -0.133. The molecule has 0 saturated carbocycles. The molecule has 0 aliphatic carbocycles. The third-order valence-electron chi connectivity index (χ3n) is 4.38. The van der Waals surface area contributed by atoms with Gasteiger partial charge < -0.3 is 9.88 Å². The number of hydrogen-bond acceptors (Lipinski definition) is 4. The molecule has 0 spiro atoms. The van der Waals surface area contributed by atoms with Crippen molar-refractivity contribution in [3.8, 4) is 0 Å². The molecule has 2 aromatic rings. The Morgan fingerprint density at radius 3 is 2.91 bits per heavy atom. The average Bonchev–Trinajstić information content (AvgIpc) is 2.51. The van der Waals surface area contributed by atoms with E-state index >= 15 is 0 Å². The second kappa shape index (κ2) is 6.50. The minimum Gasteiger partial charge on any atom is -0.345 e. The van der Waals surface area contributed by atoms with E-state index in [0.717, 1.165) is 25.0 Å². The largest absolute Gasteiger partial charge is 0.345 e.